The van der Waals surface area contributed by atoms with Crippen LogP contribution in [0.3, 0.4) is 0 Å². The van der Waals surface area contributed by atoms with Crippen LogP contribution >= 0.6 is 34.8 Å². The largest absolute Gasteiger partial charge is 0.368 e. The lowest BCUT2D eigenvalue weighted by molar-refractivity contribution is 0.261. The van der Waals surface area contributed by atoms with Crippen molar-refractivity contribution in [3.8, 4) is 67.5 Å². The lowest BCUT2D eigenvalue weighted by Gasteiger charge is -2.19. The van der Waals surface area contributed by atoms with E-state index < -0.39 is 23.9 Å². The quantitative estimate of drug-likeness (QED) is 0.0337. The van der Waals surface area contributed by atoms with Crippen LogP contribution < -0.4 is 70.9 Å². The molecule has 32 nitrogen and oxygen atoms in total. The number of amides is 8. The first-order chi connectivity index (χ1) is 60.9. The molecule has 0 aliphatic carbocycles. The average Bonchev–Trinajstić information content (AvgIpc) is 1.66. The van der Waals surface area contributed by atoms with Gasteiger partial charge < -0.3 is 70.5 Å². The zero-order valence-corrected chi connectivity index (χ0v) is 70.5. The van der Waals surface area contributed by atoms with Gasteiger partial charge in [0.1, 0.15) is 28.7 Å². The van der Waals surface area contributed by atoms with Gasteiger partial charge in [0.05, 0.1) is 44.6 Å². The molecule has 1 aliphatic heterocycles. The molecule has 8 aromatic carbocycles. The molecule has 17 N–H and O–H groups in total. The topological polar surface area (TPSA) is 440 Å². The van der Waals surface area contributed by atoms with Gasteiger partial charge in [-0.3, -0.25) is 14.0 Å². The first kappa shape index (κ1) is 88.0. The zero-order valence-electron chi connectivity index (χ0n) is 68.2. The van der Waals surface area contributed by atoms with Crippen molar-refractivity contribution in [1.82, 2.24) is 79.6 Å². The standard InChI is InChI=1S/C23H23N7O.C22H21Cl2N7O.C22H19ClFN7O.C22H20FN7O/c1-3-30-14-19(21(29-30)20-10-11-25-22(24)28-20)16-7-5-9-18(13-16)27-23(31)26-17-8-4-6-15(2)12-17;1-2-31-12-16(20(30-31)19-8-9-26-21(25)29-19)13-4-3-5-14(10-13)27-22(32)28-15-6-7-17(23)18(24)11-15;1-2-31-12-16(20(30-31)19-8-9-26-21(25)28-19)13-4-3-5-15(10-13)27-22(32)29-18-7-6-14(23)11-17(18)24;1-2-30-13-18(20(29-30)19-10-11-25-21(24)28-19)14-4-3-5-17(12-14)27-22(31)26-16-8-6-15(23)7-9-16/h4-14H,3H2,1-2H3,(H2,24,25,28)(H2,26,27,31);3-12,20,30H,2H2,1H3,(H2,25,26,29)(H2,27,28,32);3-12H,2H2,1H3,(H2,25,26,28)(H2,27,29,32);3-13H,2H2,1H3,(H2,24,25,28)(H2,26,27,31). The number of hydrogen-bond donors (Lipinski definition) is 13. The molecule has 638 valence electrons. The maximum Gasteiger partial charge on any atom is 0.323 e. The summed E-state index contributed by atoms with van der Waals surface area (Å²) in [6.07, 6.45) is 14.2. The van der Waals surface area contributed by atoms with Crippen LogP contribution in [0.15, 0.2) is 256 Å². The van der Waals surface area contributed by atoms with E-state index in [-0.39, 0.29) is 52.4 Å². The maximum atomic E-state index is 13.9. The summed E-state index contributed by atoms with van der Waals surface area (Å²) in [5.74, 6) is -0.260. The fraction of sp³-hybridized carbons (Fsp3) is 0.112. The van der Waals surface area contributed by atoms with E-state index in [2.05, 4.69) is 103 Å². The van der Waals surface area contributed by atoms with Crippen LogP contribution in [0.1, 0.15) is 50.6 Å². The summed E-state index contributed by atoms with van der Waals surface area (Å²) in [5, 5.41) is 38.8. The van der Waals surface area contributed by atoms with Crippen LogP contribution in [-0.2, 0) is 19.6 Å². The molecule has 1 unspecified atom stereocenters. The number of carbonyl (C=O) groups excluding carboxylic acids is 4. The molecule has 1 aliphatic rings. The second-order valence-corrected chi connectivity index (χ2v) is 28.9. The van der Waals surface area contributed by atoms with Gasteiger partial charge in [-0.2, -0.15) is 15.3 Å². The number of hydrogen-bond acceptors (Lipinski definition) is 21. The lowest BCUT2D eigenvalue weighted by Crippen LogP contribution is -2.31. The highest BCUT2D eigenvalue weighted by Crippen LogP contribution is 2.39. The Morgan fingerprint density at radius 3 is 1.18 bits per heavy atom. The molecule has 1 atom stereocenters. The number of carbonyl (C=O) groups is 4. The number of halogens is 5. The monoisotopic (exact) mass is 1750 g/mol. The highest BCUT2D eigenvalue weighted by Gasteiger charge is 2.29. The van der Waals surface area contributed by atoms with Gasteiger partial charge in [0.2, 0.25) is 23.8 Å². The Balaban J connectivity index is 0.000000144. The summed E-state index contributed by atoms with van der Waals surface area (Å²) in [6, 6.07) is 57.0. The van der Waals surface area contributed by atoms with Gasteiger partial charge in [0, 0.05) is 143 Å². The van der Waals surface area contributed by atoms with Gasteiger partial charge in [-0.05, 0) is 208 Å². The molecule has 7 aromatic heterocycles. The molecule has 0 spiro atoms. The lowest BCUT2D eigenvalue weighted by atomic mass is 9.98. The minimum absolute atomic E-state index is 0.0240. The summed E-state index contributed by atoms with van der Waals surface area (Å²) in [7, 11) is 0. The van der Waals surface area contributed by atoms with Crippen molar-refractivity contribution in [2.24, 2.45) is 0 Å². The Bertz CT molecular complexity index is 6470. The number of aromatic nitrogens is 14. The molecule has 0 radical (unpaired) electrons. The normalized spacial score (nSPS) is 11.9. The number of nitrogens with two attached hydrogens (primary N) is 4. The molecule has 37 heteroatoms. The van der Waals surface area contributed by atoms with Gasteiger partial charge >= 0.3 is 24.1 Å². The molecule has 0 saturated carbocycles. The van der Waals surface area contributed by atoms with Crippen molar-refractivity contribution in [3.63, 3.8) is 0 Å². The van der Waals surface area contributed by atoms with Crippen molar-refractivity contribution in [3.05, 3.63) is 299 Å². The number of urea groups is 4. The molecule has 8 heterocycles. The number of nitrogen functional groups attached to an aromatic ring is 4. The molecule has 0 fully saturated rings. The number of nitrogens with one attached hydrogen (secondary N) is 9. The molecular formula is C89H83Cl3F2N28O4. The number of aryl methyl sites for hydroxylation is 4. The Morgan fingerprint density at radius 1 is 0.397 bits per heavy atom. The van der Waals surface area contributed by atoms with E-state index in [0.29, 0.717) is 98.0 Å². The van der Waals surface area contributed by atoms with E-state index in [4.69, 9.17) is 57.7 Å². The Hall–Kier alpha value is -15.8. The molecular weight excluding hydrogens is 1670 g/mol. The summed E-state index contributed by atoms with van der Waals surface area (Å²) in [6.45, 7) is 12.8. The smallest absolute Gasteiger partial charge is 0.323 e. The van der Waals surface area contributed by atoms with Crippen LogP contribution in [-0.4, -0.2) is 105 Å². The van der Waals surface area contributed by atoms with Crippen molar-refractivity contribution in [1.29, 1.82) is 0 Å². The van der Waals surface area contributed by atoms with Crippen LogP contribution in [0.4, 0.5) is 97.3 Å². The molecule has 15 aromatic rings. The van der Waals surface area contributed by atoms with Gasteiger partial charge in [-0.25, -0.2) is 73.3 Å². The van der Waals surface area contributed by atoms with E-state index in [1.165, 1.54) is 36.4 Å². The Kier molecular flexibility index (Phi) is 28.8. The van der Waals surface area contributed by atoms with Crippen molar-refractivity contribution in [2.45, 2.75) is 60.3 Å². The number of hydrazine groups is 1. The third-order valence-corrected chi connectivity index (χ3v) is 19.7. The molecule has 0 bridgehead atoms. The molecule has 16 rings (SSSR count). The maximum absolute atomic E-state index is 13.9. The highest BCUT2D eigenvalue weighted by atomic mass is 35.5. The highest BCUT2D eigenvalue weighted by molar-refractivity contribution is 6.42. The molecule has 0 saturated heterocycles. The zero-order chi connectivity index (χ0) is 88.9. The van der Waals surface area contributed by atoms with Crippen LogP contribution in [0.25, 0.3) is 73.1 Å². The minimum atomic E-state index is -0.623. The van der Waals surface area contributed by atoms with Gasteiger partial charge in [-0.1, -0.05) is 95.5 Å². The van der Waals surface area contributed by atoms with Crippen LogP contribution in [0.5, 0.6) is 0 Å². The van der Waals surface area contributed by atoms with Crippen LogP contribution in [0.2, 0.25) is 15.1 Å². The van der Waals surface area contributed by atoms with Gasteiger partial charge in [-0.15, -0.1) is 0 Å². The Labute approximate surface area is 736 Å². The number of rotatable bonds is 20. The predicted molar refractivity (Wildman–Crippen MR) is 491 cm³/mol. The van der Waals surface area contributed by atoms with E-state index in [1.54, 1.807) is 90.1 Å². The van der Waals surface area contributed by atoms with Crippen molar-refractivity contribution >= 4 is 134 Å². The fourth-order valence-corrected chi connectivity index (χ4v) is 13.3. The SMILES string of the molecule is CCN1C=C(c2cccc(NC(=O)Nc3ccc(Cl)c(Cl)c3)c2)C(c2ccnc(N)n2)N1.CCn1cc(-c2cccc(NC(=O)Nc3ccc(Cl)cc3F)c2)c(-c2ccnc(N)n2)n1.CCn1cc(-c2cccc(NC(=O)Nc3ccc(F)cc3)c2)c(-c2ccnc(N)n2)n1.CCn1cc(-c2cccc(NC(=O)Nc3cccc(C)c3)c2)c(-c2ccnc(N)n2)n1. The molecule has 126 heavy (non-hydrogen) atoms. The second kappa shape index (κ2) is 41.2. The summed E-state index contributed by atoms with van der Waals surface area (Å²) >= 11 is 17.7. The Morgan fingerprint density at radius 2 is 0.778 bits per heavy atom. The summed E-state index contributed by atoms with van der Waals surface area (Å²) in [5.41, 5.74) is 43.4. The third-order valence-electron chi connectivity index (χ3n) is 18.7. The number of nitrogens with zero attached hydrogens (tertiary/aromatic N) is 15. The van der Waals surface area contributed by atoms with Crippen LogP contribution in [0, 0.1) is 18.6 Å². The van der Waals surface area contributed by atoms with Gasteiger partial charge in [0.25, 0.3) is 0 Å². The average molecular weight is 1750 g/mol. The summed E-state index contributed by atoms with van der Waals surface area (Å²) < 4.78 is 32.4. The minimum Gasteiger partial charge on any atom is -0.368 e. The van der Waals surface area contributed by atoms with Crippen molar-refractivity contribution < 1.29 is 28.0 Å². The summed E-state index contributed by atoms with van der Waals surface area (Å²) in [4.78, 5) is 82.7. The second-order valence-electron chi connectivity index (χ2n) is 27.7. The van der Waals surface area contributed by atoms with E-state index in [9.17, 15) is 28.0 Å². The first-order valence-corrected chi connectivity index (χ1v) is 40.3. The first-order valence-electron chi connectivity index (χ1n) is 39.2. The van der Waals surface area contributed by atoms with E-state index >= 15 is 0 Å². The van der Waals surface area contributed by atoms with Gasteiger partial charge in [0.15, 0.2) is 0 Å². The third kappa shape index (κ3) is 23.5. The van der Waals surface area contributed by atoms with Crippen molar-refractivity contribution in [2.75, 3.05) is 72.0 Å². The van der Waals surface area contributed by atoms with E-state index in [1.807, 2.05) is 177 Å². The molecule has 8 amide bonds. The fourth-order valence-electron chi connectivity index (χ4n) is 12.8. The number of benzene rings is 8. The number of anilines is 12. The van der Waals surface area contributed by atoms with E-state index in [0.717, 1.165) is 74.1 Å². The predicted octanol–water partition coefficient (Wildman–Crippen LogP) is 18.9.